The number of aryl methyl sites for hydroxylation is 1. The fourth-order valence-corrected chi connectivity index (χ4v) is 2.43. The van der Waals surface area contributed by atoms with Gasteiger partial charge in [0, 0.05) is 0 Å². The van der Waals surface area contributed by atoms with E-state index in [1.807, 2.05) is 12.1 Å². The Kier molecular flexibility index (Phi) is 8.36. The number of rotatable bonds is 10. The third-order valence-electron chi connectivity index (χ3n) is 3.68. The third-order valence-corrected chi connectivity index (χ3v) is 3.68. The zero-order valence-electron chi connectivity index (χ0n) is 12.7. The molecule has 1 aromatic carbocycles. The van der Waals surface area contributed by atoms with Gasteiger partial charge < -0.3 is 5.11 Å². The Balaban J connectivity index is 1.90. The maximum Gasteiger partial charge on any atom is 0.115 e. The molecular formula is C18H30O. The summed E-state index contributed by atoms with van der Waals surface area (Å²) in [7, 11) is 0. The molecule has 0 bridgehead atoms. The summed E-state index contributed by atoms with van der Waals surface area (Å²) < 4.78 is 0. The van der Waals surface area contributed by atoms with Crippen molar-refractivity contribution in [2.24, 2.45) is 5.92 Å². The van der Waals surface area contributed by atoms with Gasteiger partial charge in [0.15, 0.2) is 0 Å². The van der Waals surface area contributed by atoms with Crippen LogP contribution in [0.2, 0.25) is 0 Å². The first kappa shape index (κ1) is 16.1. The molecule has 0 atom stereocenters. The molecule has 0 amide bonds. The number of unbranched alkanes of at least 4 members (excludes halogenated alkanes) is 6. The molecule has 0 aliphatic rings. The van der Waals surface area contributed by atoms with Gasteiger partial charge in [-0.25, -0.2) is 0 Å². The lowest BCUT2D eigenvalue weighted by Crippen LogP contribution is -1.88. The van der Waals surface area contributed by atoms with Gasteiger partial charge in [0.2, 0.25) is 0 Å². The SMILES string of the molecule is CC(C)CCCCCCCCCc1ccc(O)cc1. The number of hydrogen-bond donors (Lipinski definition) is 1. The van der Waals surface area contributed by atoms with Crippen molar-refractivity contribution in [2.45, 2.75) is 71.6 Å². The van der Waals surface area contributed by atoms with Gasteiger partial charge in [-0.3, -0.25) is 0 Å². The van der Waals surface area contributed by atoms with Crippen LogP contribution in [0, 0.1) is 5.92 Å². The third kappa shape index (κ3) is 8.69. The molecule has 0 saturated heterocycles. The van der Waals surface area contributed by atoms with Gasteiger partial charge >= 0.3 is 0 Å². The van der Waals surface area contributed by atoms with E-state index in [0.717, 1.165) is 12.3 Å². The molecule has 19 heavy (non-hydrogen) atoms. The van der Waals surface area contributed by atoms with E-state index in [-0.39, 0.29) is 0 Å². The van der Waals surface area contributed by atoms with Crippen molar-refractivity contribution in [1.82, 2.24) is 0 Å². The second kappa shape index (κ2) is 9.89. The Hall–Kier alpha value is -0.980. The largest absolute Gasteiger partial charge is 0.508 e. The molecule has 0 aliphatic carbocycles. The van der Waals surface area contributed by atoms with Crippen LogP contribution in [0.15, 0.2) is 24.3 Å². The fourth-order valence-electron chi connectivity index (χ4n) is 2.43. The Morgan fingerprint density at radius 1 is 0.789 bits per heavy atom. The monoisotopic (exact) mass is 262 g/mol. The van der Waals surface area contributed by atoms with Crippen molar-refractivity contribution in [2.75, 3.05) is 0 Å². The average Bonchev–Trinajstić information content (AvgIpc) is 2.38. The summed E-state index contributed by atoms with van der Waals surface area (Å²) >= 11 is 0. The Morgan fingerprint density at radius 2 is 1.32 bits per heavy atom. The topological polar surface area (TPSA) is 20.2 Å². The summed E-state index contributed by atoms with van der Waals surface area (Å²) in [5.41, 5.74) is 1.34. The van der Waals surface area contributed by atoms with Gasteiger partial charge in [-0.2, -0.15) is 0 Å². The number of benzene rings is 1. The standard InChI is InChI=1S/C18H30O/c1-16(2)10-8-6-4-3-5-7-9-11-17-12-14-18(19)15-13-17/h12-16,19H,3-11H2,1-2H3. The van der Waals surface area contributed by atoms with Crippen molar-refractivity contribution >= 4 is 0 Å². The zero-order valence-corrected chi connectivity index (χ0v) is 12.7. The molecule has 1 heteroatoms. The van der Waals surface area contributed by atoms with E-state index in [4.69, 9.17) is 0 Å². The minimum atomic E-state index is 0.366. The first-order valence-corrected chi connectivity index (χ1v) is 7.96. The van der Waals surface area contributed by atoms with Crippen LogP contribution in [0.1, 0.15) is 70.8 Å². The molecule has 0 saturated carbocycles. The maximum atomic E-state index is 9.20. The molecule has 0 aliphatic heterocycles. The molecule has 0 heterocycles. The fraction of sp³-hybridized carbons (Fsp3) is 0.667. The molecule has 108 valence electrons. The summed E-state index contributed by atoms with van der Waals surface area (Å²) in [5.74, 6) is 1.23. The number of hydrogen-bond acceptors (Lipinski definition) is 1. The van der Waals surface area contributed by atoms with Gasteiger partial charge in [-0.15, -0.1) is 0 Å². The first-order chi connectivity index (χ1) is 9.18. The molecule has 1 nitrogen and oxygen atoms in total. The second-order valence-electron chi connectivity index (χ2n) is 6.07. The molecule has 0 unspecified atom stereocenters. The average molecular weight is 262 g/mol. The molecular weight excluding hydrogens is 232 g/mol. The van der Waals surface area contributed by atoms with Gasteiger partial charge in [0.05, 0.1) is 0 Å². The first-order valence-electron chi connectivity index (χ1n) is 7.96. The van der Waals surface area contributed by atoms with E-state index in [9.17, 15) is 5.11 Å². The molecule has 1 rings (SSSR count). The van der Waals surface area contributed by atoms with Crippen LogP contribution in [0.25, 0.3) is 0 Å². The van der Waals surface area contributed by atoms with E-state index in [2.05, 4.69) is 13.8 Å². The number of phenols is 1. The van der Waals surface area contributed by atoms with Crippen LogP contribution >= 0.6 is 0 Å². The van der Waals surface area contributed by atoms with Crippen molar-refractivity contribution < 1.29 is 5.11 Å². The van der Waals surface area contributed by atoms with Gasteiger partial charge in [-0.1, -0.05) is 70.9 Å². The van der Waals surface area contributed by atoms with Crippen LogP contribution in [-0.4, -0.2) is 5.11 Å². The van der Waals surface area contributed by atoms with Crippen molar-refractivity contribution in [3.63, 3.8) is 0 Å². The lowest BCUT2D eigenvalue weighted by Gasteiger charge is -2.05. The molecule has 1 aromatic rings. The highest BCUT2D eigenvalue weighted by atomic mass is 16.3. The van der Waals surface area contributed by atoms with E-state index in [1.54, 1.807) is 12.1 Å². The smallest absolute Gasteiger partial charge is 0.115 e. The zero-order chi connectivity index (χ0) is 13.9. The van der Waals surface area contributed by atoms with E-state index in [1.165, 1.54) is 56.9 Å². The summed E-state index contributed by atoms with van der Waals surface area (Å²) in [6, 6.07) is 7.62. The van der Waals surface area contributed by atoms with E-state index < -0.39 is 0 Å². The predicted molar refractivity (Wildman–Crippen MR) is 83.6 cm³/mol. The summed E-state index contributed by atoms with van der Waals surface area (Å²) in [4.78, 5) is 0. The highest BCUT2D eigenvalue weighted by molar-refractivity contribution is 5.25. The highest BCUT2D eigenvalue weighted by Gasteiger charge is 1.96. The minimum Gasteiger partial charge on any atom is -0.508 e. The summed E-state index contributed by atoms with van der Waals surface area (Å²) in [6.45, 7) is 4.62. The van der Waals surface area contributed by atoms with E-state index in [0.29, 0.717) is 5.75 Å². The Labute approximate surface area is 119 Å². The molecule has 0 radical (unpaired) electrons. The van der Waals surface area contributed by atoms with Crippen LogP contribution in [0.5, 0.6) is 5.75 Å². The van der Waals surface area contributed by atoms with Crippen LogP contribution < -0.4 is 0 Å². The Morgan fingerprint density at radius 3 is 1.89 bits per heavy atom. The molecule has 0 spiro atoms. The molecule has 0 fully saturated rings. The minimum absolute atomic E-state index is 0.366. The van der Waals surface area contributed by atoms with E-state index >= 15 is 0 Å². The highest BCUT2D eigenvalue weighted by Crippen LogP contribution is 2.15. The predicted octanol–water partition coefficient (Wildman–Crippen LogP) is 5.71. The Bertz CT molecular complexity index is 313. The summed E-state index contributed by atoms with van der Waals surface area (Å²) in [5, 5.41) is 9.20. The van der Waals surface area contributed by atoms with Crippen LogP contribution in [0.3, 0.4) is 0 Å². The lowest BCUT2D eigenvalue weighted by molar-refractivity contribution is 0.475. The van der Waals surface area contributed by atoms with Gasteiger partial charge in [-0.05, 0) is 36.5 Å². The van der Waals surface area contributed by atoms with Gasteiger partial charge in [0.1, 0.15) is 5.75 Å². The van der Waals surface area contributed by atoms with Crippen molar-refractivity contribution in [1.29, 1.82) is 0 Å². The maximum absolute atomic E-state index is 9.20. The number of phenolic OH excluding ortho intramolecular Hbond substituents is 1. The second-order valence-corrected chi connectivity index (χ2v) is 6.07. The van der Waals surface area contributed by atoms with Crippen LogP contribution in [0.4, 0.5) is 0 Å². The normalized spacial score (nSPS) is 11.1. The number of aromatic hydroxyl groups is 1. The van der Waals surface area contributed by atoms with Crippen molar-refractivity contribution in [3.8, 4) is 5.75 Å². The summed E-state index contributed by atoms with van der Waals surface area (Å²) in [6.07, 6.45) is 12.1. The molecule has 0 aromatic heterocycles. The lowest BCUT2D eigenvalue weighted by atomic mass is 10.0. The quantitative estimate of drug-likeness (QED) is 0.535. The van der Waals surface area contributed by atoms with Gasteiger partial charge in [0.25, 0.3) is 0 Å². The van der Waals surface area contributed by atoms with Crippen LogP contribution in [-0.2, 0) is 6.42 Å². The van der Waals surface area contributed by atoms with Crippen molar-refractivity contribution in [3.05, 3.63) is 29.8 Å². The molecule has 1 N–H and O–H groups in total.